The molecule has 1 aromatic carbocycles. The van der Waals surface area contributed by atoms with Crippen LogP contribution in [0.4, 0.5) is 0 Å². The van der Waals surface area contributed by atoms with Gasteiger partial charge in [0.15, 0.2) is 0 Å². The Morgan fingerprint density at radius 2 is 2.00 bits per heavy atom. The maximum atomic E-state index is 12.4. The molecule has 5 heteroatoms. The molecule has 0 bridgehead atoms. The average molecular weight is 270 g/mol. The third-order valence-electron chi connectivity index (χ3n) is 2.54. The lowest BCUT2D eigenvalue weighted by Gasteiger charge is -2.16. The number of benzene rings is 1. The predicted molar refractivity (Wildman–Crippen MR) is 71.1 cm³/mol. The zero-order chi connectivity index (χ0) is 13.4. The summed E-state index contributed by atoms with van der Waals surface area (Å²) >= 11 is 0. The van der Waals surface area contributed by atoms with Gasteiger partial charge in [-0.15, -0.1) is 0 Å². The smallest absolute Gasteiger partial charge is 0.313 e. The molecule has 0 radical (unpaired) electrons. The number of unbranched alkanes of at least 4 members (excludes halogenated alkanes) is 1. The van der Waals surface area contributed by atoms with Crippen LogP contribution in [-0.4, -0.2) is 23.4 Å². The normalized spacial score (nSPS) is 14.1. The fraction of sp³-hybridized carbons (Fsp3) is 0.462. The summed E-state index contributed by atoms with van der Waals surface area (Å²) in [5.74, 6) is -1.07. The number of carboxylic acid groups (broad SMARTS) is 1. The summed E-state index contributed by atoms with van der Waals surface area (Å²) in [7, 11) is -3.06. The molecule has 1 N–H and O–H groups in total. The number of carboxylic acids is 1. The third kappa shape index (κ3) is 5.48. The largest absolute Gasteiger partial charge is 0.481 e. The van der Waals surface area contributed by atoms with Gasteiger partial charge in [-0.2, -0.15) is 0 Å². The molecule has 1 rings (SSSR count). The molecule has 4 nitrogen and oxygen atoms in total. The van der Waals surface area contributed by atoms with E-state index in [0.717, 1.165) is 18.4 Å². The second-order valence-electron chi connectivity index (χ2n) is 4.20. The van der Waals surface area contributed by atoms with E-state index < -0.39 is 13.3 Å². The highest BCUT2D eigenvalue weighted by atomic mass is 31.2. The van der Waals surface area contributed by atoms with E-state index >= 15 is 0 Å². The van der Waals surface area contributed by atoms with E-state index in [1.807, 2.05) is 37.3 Å². The minimum atomic E-state index is -3.06. The molecule has 0 spiro atoms. The SMILES string of the molecule is CCCCP(=O)(CC(=O)O)OCc1ccccc1. The Kier molecular flexibility index (Phi) is 6.10. The monoisotopic (exact) mass is 270 g/mol. The molecule has 0 aliphatic heterocycles. The number of carbonyl (C=O) groups is 1. The van der Waals surface area contributed by atoms with Crippen LogP contribution >= 0.6 is 7.37 Å². The van der Waals surface area contributed by atoms with Crippen molar-refractivity contribution in [1.82, 2.24) is 0 Å². The minimum absolute atomic E-state index is 0.203. The van der Waals surface area contributed by atoms with E-state index in [4.69, 9.17) is 9.63 Å². The molecule has 0 aliphatic carbocycles. The van der Waals surface area contributed by atoms with Gasteiger partial charge in [-0.05, 0) is 12.0 Å². The van der Waals surface area contributed by atoms with E-state index in [1.165, 1.54) is 0 Å². The maximum absolute atomic E-state index is 12.4. The summed E-state index contributed by atoms with van der Waals surface area (Å²) in [4.78, 5) is 10.7. The van der Waals surface area contributed by atoms with Gasteiger partial charge in [0.2, 0.25) is 7.37 Å². The lowest BCUT2D eigenvalue weighted by atomic mass is 10.2. The standard InChI is InChI=1S/C13H19O4P/c1-2-3-9-18(16,11-13(14)15)17-10-12-7-5-4-6-8-12/h4-8H,2-3,9-11H2,1H3,(H,14,15). The van der Waals surface area contributed by atoms with Gasteiger partial charge in [0.05, 0.1) is 6.61 Å². The van der Waals surface area contributed by atoms with Crippen LogP contribution in [0, 0.1) is 0 Å². The molecular formula is C13H19O4P. The topological polar surface area (TPSA) is 63.6 Å². The quantitative estimate of drug-likeness (QED) is 0.735. The molecule has 0 saturated carbocycles. The van der Waals surface area contributed by atoms with Crippen molar-refractivity contribution in [2.24, 2.45) is 0 Å². The fourth-order valence-corrected chi connectivity index (χ4v) is 3.53. The minimum Gasteiger partial charge on any atom is -0.481 e. The first kappa shape index (κ1) is 14.9. The van der Waals surface area contributed by atoms with Crippen LogP contribution in [0.5, 0.6) is 0 Å². The molecule has 1 unspecified atom stereocenters. The molecule has 18 heavy (non-hydrogen) atoms. The van der Waals surface area contributed by atoms with Crippen LogP contribution < -0.4 is 0 Å². The molecule has 0 fully saturated rings. The highest BCUT2D eigenvalue weighted by Crippen LogP contribution is 2.48. The molecule has 0 saturated heterocycles. The zero-order valence-corrected chi connectivity index (χ0v) is 11.4. The summed E-state index contributed by atoms with van der Waals surface area (Å²) in [5.41, 5.74) is 0.902. The van der Waals surface area contributed by atoms with E-state index in [9.17, 15) is 9.36 Å². The number of aliphatic carboxylic acids is 1. The van der Waals surface area contributed by atoms with Gasteiger partial charge in [0.1, 0.15) is 6.16 Å². The van der Waals surface area contributed by atoms with E-state index in [-0.39, 0.29) is 12.8 Å². The van der Waals surface area contributed by atoms with E-state index in [2.05, 4.69) is 0 Å². The van der Waals surface area contributed by atoms with Crippen molar-refractivity contribution in [2.45, 2.75) is 26.4 Å². The highest BCUT2D eigenvalue weighted by molar-refractivity contribution is 7.59. The number of rotatable bonds is 8. The van der Waals surface area contributed by atoms with E-state index in [0.29, 0.717) is 6.16 Å². The highest BCUT2D eigenvalue weighted by Gasteiger charge is 2.26. The predicted octanol–water partition coefficient (Wildman–Crippen LogP) is 3.37. The van der Waals surface area contributed by atoms with Gasteiger partial charge in [0, 0.05) is 6.16 Å². The molecule has 1 atom stereocenters. The van der Waals surface area contributed by atoms with Gasteiger partial charge in [-0.3, -0.25) is 9.36 Å². The van der Waals surface area contributed by atoms with Crippen LogP contribution in [0.1, 0.15) is 25.3 Å². The summed E-state index contributed by atoms with van der Waals surface area (Å²) in [5, 5.41) is 8.79. The molecular weight excluding hydrogens is 251 g/mol. The van der Waals surface area contributed by atoms with Crippen molar-refractivity contribution in [3.05, 3.63) is 35.9 Å². The Morgan fingerprint density at radius 1 is 1.33 bits per heavy atom. The fourth-order valence-electron chi connectivity index (χ4n) is 1.56. The van der Waals surface area contributed by atoms with Gasteiger partial charge in [-0.25, -0.2) is 0 Å². The summed E-state index contributed by atoms with van der Waals surface area (Å²) < 4.78 is 17.8. The van der Waals surface area contributed by atoms with Gasteiger partial charge in [0.25, 0.3) is 0 Å². The molecule has 0 heterocycles. The van der Waals surface area contributed by atoms with Crippen molar-refractivity contribution < 1.29 is 19.0 Å². The van der Waals surface area contributed by atoms with Crippen LogP contribution in [0.2, 0.25) is 0 Å². The first-order chi connectivity index (χ1) is 8.56. The van der Waals surface area contributed by atoms with Crippen LogP contribution in [-0.2, 0) is 20.5 Å². The Hall–Kier alpha value is -1.12. The molecule has 0 amide bonds. The van der Waals surface area contributed by atoms with Crippen molar-refractivity contribution in [2.75, 3.05) is 12.3 Å². The molecule has 100 valence electrons. The third-order valence-corrected chi connectivity index (χ3v) is 4.89. The van der Waals surface area contributed by atoms with Crippen molar-refractivity contribution >= 4 is 13.3 Å². The van der Waals surface area contributed by atoms with Crippen LogP contribution in [0.15, 0.2) is 30.3 Å². The molecule has 1 aromatic rings. The van der Waals surface area contributed by atoms with Crippen molar-refractivity contribution in [3.63, 3.8) is 0 Å². The second-order valence-corrected chi connectivity index (χ2v) is 6.85. The summed E-state index contributed by atoms with van der Waals surface area (Å²) in [6, 6.07) is 9.35. The lowest BCUT2D eigenvalue weighted by molar-refractivity contribution is -0.134. The number of hydrogen-bond donors (Lipinski definition) is 1. The first-order valence-electron chi connectivity index (χ1n) is 6.04. The van der Waals surface area contributed by atoms with Crippen LogP contribution in [0.3, 0.4) is 0 Å². The van der Waals surface area contributed by atoms with Crippen molar-refractivity contribution in [1.29, 1.82) is 0 Å². The second kappa shape index (κ2) is 7.34. The Balaban J connectivity index is 2.61. The Bertz CT molecular complexity index is 416. The first-order valence-corrected chi connectivity index (χ1v) is 8.03. The van der Waals surface area contributed by atoms with Gasteiger partial charge in [-0.1, -0.05) is 43.7 Å². The summed E-state index contributed by atoms with van der Waals surface area (Å²) in [6.07, 6.45) is 1.54. The van der Waals surface area contributed by atoms with Crippen LogP contribution in [0.25, 0.3) is 0 Å². The molecule has 0 aliphatic rings. The Morgan fingerprint density at radius 3 is 2.56 bits per heavy atom. The van der Waals surface area contributed by atoms with Gasteiger partial charge >= 0.3 is 5.97 Å². The number of hydrogen-bond acceptors (Lipinski definition) is 3. The maximum Gasteiger partial charge on any atom is 0.313 e. The average Bonchev–Trinajstić information content (AvgIpc) is 2.35. The molecule has 0 aromatic heterocycles. The summed E-state index contributed by atoms with van der Waals surface area (Å²) in [6.45, 7) is 2.18. The lowest BCUT2D eigenvalue weighted by Crippen LogP contribution is -2.09. The Labute approximate surface area is 107 Å². The van der Waals surface area contributed by atoms with Gasteiger partial charge < -0.3 is 9.63 Å². The van der Waals surface area contributed by atoms with E-state index in [1.54, 1.807) is 0 Å². The zero-order valence-electron chi connectivity index (χ0n) is 10.5. The van der Waals surface area contributed by atoms with Crippen molar-refractivity contribution in [3.8, 4) is 0 Å².